The highest BCUT2D eigenvalue weighted by Crippen LogP contribution is 2.24. The number of rotatable bonds is 5. The van der Waals surface area contributed by atoms with Gasteiger partial charge in [-0.25, -0.2) is 4.98 Å². The minimum Gasteiger partial charge on any atom is -0.271 e. The van der Waals surface area contributed by atoms with Gasteiger partial charge in [0.1, 0.15) is 0 Å². The molecule has 0 amide bonds. The molecule has 0 radical (unpaired) electrons. The fourth-order valence-electron chi connectivity index (χ4n) is 1.34. The fourth-order valence-corrected chi connectivity index (χ4v) is 2.24. The minimum absolute atomic E-state index is 0.191. The summed E-state index contributed by atoms with van der Waals surface area (Å²) in [5, 5.41) is 0. The standard InChI is InChI=1S/C10H15N3S/c1-3-4-5-6-9(13-11)10-8(2)12-7-14-10/h1,7,9,13H,4-6,11H2,2H3. The van der Waals surface area contributed by atoms with Crippen LogP contribution in [0.15, 0.2) is 5.51 Å². The largest absolute Gasteiger partial charge is 0.271 e. The van der Waals surface area contributed by atoms with Crippen LogP contribution in [0.3, 0.4) is 0 Å². The molecule has 0 spiro atoms. The van der Waals surface area contributed by atoms with Gasteiger partial charge in [-0.15, -0.1) is 23.7 Å². The summed E-state index contributed by atoms with van der Waals surface area (Å²) in [7, 11) is 0. The third kappa shape index (κ3) is 2.81. The molecule has 0 saturated carbocycles. The molecular formula is C10H15N3S. The lowest BCUT2D eigenvalue weighted by molar-refractivity contribution is 0.507. The summed E-state index contributed by atoms with van der Waals surface area (Å²) in [5.74, 6) is 8.12. The molecule has 0 aromatic carbocycles. The molecule has 1 aromatic rings. The van der Waals surface area contributed by atoms with Crippen molar-refractivity contribution in [1.29, 1.82) is 0 Å². The van der Waals surface area contributed by atoms with Crippen LogP contribution >= 0.6 is 11.3 Å². The molecule has 1 heterocycles. The van der Waals surface area contributed by atoms with E-state index in [2.05, 4.69) is 16.3 Å². The first kappa shape index (κ1) is 11.2. The molecule has 76 valence electrons. The highest BCUT2D eigenvalue weighted by molar-refractivity contribution is 7.09. The molecule has 0 aliphatic carbocycles. The molecule has 1 unspecified atom stereocenters. The summed E-state index contributed by atoms with van der Waals surface area (Å²) >= 11 is 1.63. The molecule has 0 bridgehead atoms. The van der Waals surface area contributed by atoms with Crippen LogP contribution in [-0.2, 0) is 0 Å². The molecule has 0 saturated heterocycles. The quantitative estimate of drug-likeness (QED) is 0.336. The molecule has 1 aromatic heterocycles. The summed E-state index contributed by atoms with van der Waals surface area (Å²) in [5.41, 5.74) is 5.70. The Hall–Kier alpha value is -0.890. The van der Waals surface area contributed by atoms with Crippen molar-refractivity contribution in [2.45, 2.75) is 32.2 Å². The number of nitrogens with one attached hydrogen (secondary N) is 1. The van der Waals surface area contributed by atoms with E-state index in [0.717, 1.165) is 25.0 Å². The lowest BCUT2D eigenvalue weighted by Gasteiger charge is -2.13. The number of terminal acetylenes is 1. The van der Waals surface area contributed by atoms with E-state index in [1.54, 1.807) is 11.3 Å². The van der Waals surface area contributed by atoms with E-state index >= 15 is 0 Å². The smallest absolute Gasteiger partial charge is 0.0798 e. The highest BCUT2D eigenvalue weighted by Gasteiger charge is 2.13. The summed E-state index contributed by atoms with van der Waals surface area (Å²) in [6.07, 6.45) is 7.95. The maximum atomic E-state index is 5.49. The fraction of sp³-hybridized carbons (Fsp3) is 0.500. The lowest BCUT2D eigenvalue weighted by atomic mass is 10.1. The van der Waals surface area contributed by atoms with Crippen LogP contribution in [0, 0.1) is 19.3 Å². The van der Waals surface area contributed by atoms with Crippen molar-refractivity contribution >= 4 is 11.3 Å². The number of aryl methyl sites for hydroxylation is 1. The van der Waals surface area contributed by atoms with E-state index in [9.17, 15) is 0 Å². The van der Waals surface area contributed by atoms with Gasteiger partial charge in [-0.1, -0.05) is 0 Å². The van der Waals surface area contributed by atoms with Crippen molar-refractivity contribution in [1.82, 2.24) is 10.4 Å². The Kier molecular flexibility index (Phi) is 4.60. The topological polar surface area (TPSA) is 50.9 Å². The van der Waals surface area contributed by atoms with Crippen molar-refractivity contribution < 1.29 is 0 Å². The molecule has 1 atom stereocenters. The van der Waals surface area contributed by atoms with Crippen molar-refractivity contribution in [2.75, 3.05) is 0 Å². The van der Waals surface area contributed by atoms with Gasteiger partial charge in [0.15, 0.2) is 0 Å². The van der Waals surface area contributed by atoms with Gasteiger partial charge in [0.2, 0.25) is 0 Å². The second kappa shape index (κ2) is 5.76. The average molecular weight is 209 g/mol. The molecule has 3 N–H and O–H groups in total. The van der Waals surface area contributed by atoms with Gasteiger partial charge >= 0.3 is 0 Å². The van der Waals surface area contributed by atoms with E-state index < -0.39 is 0 Å². The van der Waals surface area contributed by atoms with Crippen LogP contribution in [0.2, 0.25) is 0 Å². The third-order valence-electron chi connectivity index (χ3n) is 2.11. The Morgan fingerprint density at radius 3 is 3.07 bits per heavy atom. The predicted octanol–water partition coefficient (Wildman–Crippen LogP) is 1.76. The summed E-state index contributed by atoms with van der Waals surface area (Å²) in [6.45, 7) is 2.00. The Bertz CT molecular complexity index is 313. The number of hydrogen-bond donors (Lipinski definition) is 2. The number of aromatic nitrogens is 1. The number of thiazole rings is 1. The molecular weight excluding hydrogens is 194 g/mol. The molecule has 14 heavy (non-hydrogen) atoms. The lowest BCUT2D eigenvalue weighted by Crippen LogP contribution is -2.27. The molecule has 0 fully saturated rings. The second-order valence-electron chi connectivity index (χ2n) is 3.12. The Morgan fingerprint density at radius 2 is 2.57 bits per heavy atom. The van der Waals surface area contributed by atoms with E-state index in [1.165, 1.54) is 4.88 Å². The monoisotopic (exact) mass is 209 g/mol. The summed E-state index contributed by atoms with van der Waals surface area (Å²) < 4.78 is 0. The summed E-state index contributed by atoms with van der Waals surface area (Å²) in [4.78, 5) is 5.41. The van der Waals surface area contributed by atoms with Gasteiger partial charge < -0.3 is 0 Å². The van der Waals surface area contributed by atoms with E-state index in [0.29, 0.717) is 0 Å². The number of unbranched alkanes of at least 4 members (excludes halogenated alkanes) is 1. The van der Waals surface area contributed by atoms with Gasteiger partial charge in [0.05, 0.1) is 17.2 Å². The number of hydrogen-bond acceptors (Lipinski definition) is 4. The molecule has 3 nitrogen and oxygen atoms in total. The third-order valence-corrected chi connectivity index (χ3v) is 3.16. The Labute approximate surface area is 88.7 Å². The minimum atomic E-state index is 0.191. The van der Waals surface area contributed by atoms with Crippen LogP contribution in [-0.4, -0.2) is 4.98 Å². The van der Waals surface area contributed by atoms with Gasteiger partial charge in [-0.05, 0) is 19.8 Å². The maximum Gasteiger partial charge on any atom is 0.0798 e. The van der Waals surface area contributed by atoms with Crippen molar-refractivity contribution in [3.63, 3.8) is 0 Å². The Balaban J connectivity index is 2.55. The van der Waals surface area contributed by atoms with E-state index in [4.69, 9.17) is 12.3 Å². The molecule has 0 aliphatic heterocycles. The van der Waals surface area contributed by atoms with E-state index in [-0.39, 0.29) is 6.04 Å². The highest BCUT2D eigenvalue weighted by atomic mass is 32.1. The number of nitrogens with two attached hydrogens (primary N) is 1. The maximum absolute atomic E-state index is 5.49. The molecule has 4 heteroatoms. The predicted molar refractivity (Wildman–Crippen MR) is 59.6 cm³/mol. The van der Waals surface area contributed by atoms with Crippen LogP contribution < -0.4 is 11.3 Å². The number of hydrazine groups is 1. The number of nitrogens with zero attached hydrogens (tertiary/aromatic N) is 1. The second-order valence-corrected chi connectivity index (χ2v) is 4.00. The van der Waals surface area contributed by atoms with Crippen molar-refractivity contribution in [2.24, 2.45) is 5.84 Å². The first-order chi connectivity index (χ1) is 6.79. The van der Waals surface area contributed by atoms with Crippen molar-refractivity contribution in [3.8, 4) is 12.3 Å². The van der Waals surface area contributed by atoms with Crippen LogP contribution in [0.4, 0.5) is 0 Å². The van der Waals surface area contributed by atoms with Crippen LogP contribution in [0.5, 0.6) is 0 Å². The first-order valence-electron chi connectivity index (χ1n) is 4.59. The van der Waals surface area contributed by atoms with Gasteiger partial charge in [0.25, 0.3) is 0 Å². The van der Waals surface area contributed by atoms with Gasteiger partial charge in [0, 0.05) is 11.3 Å². The first-order valence-corrected chi connectivity index (χ1v) is 5.47. The van der Waals surface area contributed by atoms with Crippen LogP contribution in [0.25, 0.3) is 0 Å². The van der Waals surface area contributed by atoms with E-state index in [1.807, 2.05) is 12.4 Å². The zero-order chi connectivity index (χ0) is 10.4. The van der Waals surface area contributed by atoms with Gasteiger partial charge in [-0.2, -0.15) is 0 Å². The SMILES string of the molecule is C#CCCCC(NN)c1scnc1C. The molecule has 0 aliphatic rings. The zero-order valence-corrected chi connectivity index (χ0v) is 9.10. The zero-order valence-electron chi connectivity index (χ0n) is 8.29. The van der Waals surface area contributed by atoms with Crippen LogP contribution in [0.1, 0.15) is 35.9 Å². The van der Waals surface area contributed by atoms with Gasteiger partial charge in [-0.3, -0.25) is 11.3 Å². The normalized spacial score (nSPS) is 12.4. The molecule has 1 rings (SSSR count). The Morgan fingerprint density at radius 1 is 1.79 bits per heavy atom. The average Bonchev–Trinajstić information content (AvgIpc) is 2.60. The summed E-state index contributed by atoms with van der Waals surface area (Å²) in [6, 6.07) is 0.191. The van der Waals surface area contributed by atoms with Crippen molar-refractivity contribution in [3.05, 3.63) is 16.1 Å².